The van der Waals surface area contributed by atoms with E-state index in [4.69, 9.17) is 11.6 Å². The molecule has 0 saturated carbocycles. The zero-order valence-corrected chi connectivity index (χ0v) is 18.2. The van der Waals surface area contributed by atoms with Gasteiger partial charge in [0.25, 0.3) is 0 Å². The Labute approximate surface area is 182 Å². The minimum absolute atomic E-state index is 0.142. The Morgan fingerprint density at radius 1 is 1.10 bits per heavy atom. The van der Waals surface area contributed by atoms with Gasteiger partial charge in [0.05, 0.1) is 20.9 Å². The molecule has 1 N–H and O–H groups in total. The summed E-state index contributed by atoms with van der Waals surface area (Å²) in [6.45, 7) is 0. The minimum Gasteiger partial charge on any atom is -0.302 e. The number of carbonyl (C=O) groups excluding carboxylic acids is 1. The van der Waals surface area contributed by atoms with E-state index in [-0.39, 0.29) is 23.0 Å². The van der Waals surface area contributed by atoms with Crippen LogP contribution in [0, 0.1) is 0 Å². The number of amides is 1. The Morgan fingerprint density at radius 3 is 2.67 bits per heavy atom. The van der Waals surface area contributed by atoms with Crippen LogP contribution in [0.1, 0.15) is 17.5 Å². The topological polar surface area (TPSA) is 76.1 Å². The van der Waals surface area contributed by atoms with Gasteiger partial charge in [0.1, 0.15) is 0 Å². The van der Waals surface area contributed by atoms with Crippen molar-refractivity contribution in [3.63, 3.8) is 0 Å². The van der Waals surface area contributed by atoms with Gasteiger partial charge in [-0.1, -0.05) is 41.1 Å². The maximum Gasteiger partial charge on any atom is 0.227 e. The third-order valence-corrected chi connectivity index (χ3v) is 8.27. The van der Waals surface area contributed by atoms with Gasteiger partial charge in [0.15, 0.2) is 15.0 Å². The van der Waals surface area contributed by atoms with E-state index < -0.39 is 9.84 Å². The molecule has 5 rings (SSSR count). The quantitative estimate of drug-likeness (QED) is 0.458. The lowest BCUT2D eigenvalue weighted by molar-refractivity contribution is -0.115. The van der Waals surface area contributed by atoms with E-state index in [1.54, 1.807) is 0 Å². The maximum absolute atomic E-state index is 12.4. The largest absolute Gasteiger partial charge is 0.302 e. The number of halogens is 1. The average Bonchev–Trinajstić information content (AvgIpc) is 3.32. The van der Waals surface area contributed by atoms with Crippen molar-refractivity contribution in [2.75, 3.05) is 11.1 Å². The number of nitrogens with zero attached hydrogens (tertiary/aromatic N) is 1. The average molecular weight is 457 g/mol. The normalized spacial score (nSPS) is 13.2. The van der Waals surface area contributed by atoms with Gasteiger partial charge in [-0.2, -0.15) is 0 Å². The molecule has 30 heavy (non-hydrogen) atoms. The zero-order chi connectivity index (χ0) is 20.9. The van der Waals surface area contributed by atoms with Crippen LogP contribution in [0.4, 0.5) is 5.13 Å². The molecule has 0 radical (unpaired) electrons. The van der Waals surface area contributed by atoms with Crippen molar-refractivity contribution in [2.24, 2.45) is 0 Å². The summed E-state index contributed by atoms with van der Waals surface area (Å²) in [5, 5.41) is 6.11. The zero-order valence-electron chi connectivity index (χ0n) is 15.8. The first-order chi connectivity index (χ1) is 14.4. The van der Waals surface area contributed by atoms with Crippen LogP contribution in [0.2, 0.25) is 5.02 Å². The molecular formula is C22H17ClN2O3S2. The standard InChI is InChI=1S/C22H17ClN2O3S2/c23-15-6-8-16(9-7-15)30(27,28)11-10-19(26)24-22-25-21-17-3-1-2-13-4-5-14(20(13)17)12-18(21)29-22/h1-3,6-9,12H,4-5,10-11H2,(H,24,25,26). The second-order valence-electron chi connectivity index (χ2n) is 7.31. The lowest BCUT2D eigenvalue weighted by atomic mass is 10.0. The van der Waals surface area contributed by atoms with Gasteiger partial charge >= 0.3 is 0 Å². The molecule has 1 amide bonds. The number of anilines is 1. The Balaban J connectivity index is 1.35. The Morgan fingerprint density at radius 2 is 1.87 bits per heavy atom. The van der Waals surface area contributed by atoms with E-state index in [9.17, 15) is 13.2 Å². The van der Waals surface area contributed by atoms with Gasteiger partial charge < -0.3 is 5.32 Å². The summed E-state index contributed by atoms with van der Waals surface area (Å²) in [6, 6.07) is 14.4. The molecule has 4 aromatic rings. The molecule has 8 heteroatoms. The molecule has 5 nitrogen and oxygen atoms in total. The summed E-state index contributed by atoms with van der Waals surface area (Å²) in [5.74, 6) is -0.647. The smallest absolute Gasteiger partial charge is 0.227 e. The highest BCUT2D eigenvalue weighted by Crippen LogP contribution is 2.39. The summed E-state index contributed by atoms with van der Waals surface area (Å²) >= 11 is 7.22. The van der Waals surface area contributed by atoms with Crippen molar-refractivity contribution < 1.29 is 13.2 Å². The van der Waals surface area contributed by atoms with Crippen molar-refractivity contribution in [3.8, 4) is 0 Å². The number of fused-ring (bicyclic) bond motifs is 2. The van der Waals surface area contributed by atoms with Gasteiger partial charge in [-0.15, -0.1) is 0 Å². The van der Waals surface area contributed by atoms with Crippen molar-refractivity contribution in [2.45, 2.75) is 24.2 Å². The van der Waals surface area contributed by atoms with E-state index >= 15 is 0 Å². The van der Waals surface area contributed by atoms with Crippen LogP contribution in [-0.4, -0.2) is 25.1 Å². The molecular weight excluding hydrogens is 440 g/mol. The van der Waals surface area contributed by atoms with Crippen molar-refractivity contribution in [1.29, 1.82) is 0 Å². The Hall–Kier alpha value is -2.48. The predicted molar refractivity (Wildman–Crippen MR) is 121 cm³/mol. The van der Waals surface area contributed by atoms with Gasteiger partial charge in [-0.05, 0) is 59.7 Å². The number of thiazole rings is 1. The highest BCUT2D eigenvalue weighted by atomic mass is 35.5. The van der Waals surface area contributed by atoms with Crippen LogP contribution in [0.3, 0.4) is 0 Å². The molecule has 152 valence electrons. The second kappa shape index (κ2) is 7.34. The number of carbonyl (C=O) groups is 1. The van der Waals surface area contributed by atoms with E-state index in [0.29, 0.717) is 10.2 Å². The maximum atomic E-state index is 12.4. The molecule has 0 spiro atoms. The summed E-state index contributed by atoms with van der Waals surface area (Å²) in [5.41, 5.74) is 3.55. The number of aromatic nitrogens is 1. The fourth-order valence-electron chi connectivity index (χ4n) is 3.93. The molecule has 0 saturated heterocycles. The molecule has 1 heterocycles. The van der Waals surface area contributed by atoms with E-state index in [0.717, 1.165) is 28.4 Å². The van der Waals surface area contributed by atoms with Crippen LogP contribution in [-0.2, 0) is 27.5 Å². The molecule has 3 aromatic carbocycles. The van der Waals surface area contributed by atoms with Crippen LogP contribution in [0.5, 0.6) is 0 Å². The number of aryl methyl sites for hydroxylation is 2. The molecule has 1 aliphatic carbocycles. The highest BCUT2D eigenvalue weighted by molar-refractivity contribution is 7.91. The summed E-state index contributed by atoms with van der Waals surface area (Å²) in [6.07, 6.45) is 1.93. The third-order valence-electron chi connectivity index (χ3n) is 5.37. The van der Waals surface area contributed by atoms with E-state index in [1.165, 1.54) is 52.1 Å². The highest BCUT2D eigenvalue weighted by Gasteiger charge is 2.20. The number of sulfone groups is 1. The fraction of sp³-hybridized carbons (Fsp3) is 0.182. The Kier molecular flexibility index (Phi) is 4.76. The molecule has 1 aliphatic rings. The molecule has 0 unspecified atom stereocenters. The number of nitrogens with one attached hydrogen (secondary N) is 1. The fourth-order valence-corrected chi connectivity index (χ4v) is 6.26. The number of hydrogen-bond donors (Lipinski definition) is 1. The Bertz CT molecular complexity index is 1410. The second-order valence-corrected chi connectivity index (χ2v) is 10.9. The SMILES string of the molecule is O=C(CCS(=O)(=O)c1ccc(Cl)cc1)Nc1nc2c(cc3c4c(cccc42)CC3)s1. The summed E-state index contributed by atoms with van der Waals surface area (Å²) in [4.78, 5) is 17.2. The molecule has 0 fully saturated rings. The first-order valence-electron chi connectivity index (χ1n) is 9.53. The van der Waals surface area contributed by atoms with Crippen LogP contribution < -0.4 is 5.32 Å². The molecule has 0 atom stereocenters. The number of benzene rings is 3. The van der Waals surface area contributed by atoms with Crippen LogP contribution in [0.15, 0.2) is 53.4 Å². The molecule has 0 aliphatic heterocycles. The lowest BCUT2D eigenvalue weighted by Crippen LogP contribution is -2.17. The van der Waals surface area contributed by atoms with E-state index in [1.807, 2.05) is 6.07 Å². The van der Waals surface area contributed by atoms with Gasteiger partial charge in [0, 0.05) is 16.8 Å². The summed E-state index contributed by atoms with van der Waals surface area (Å²) < 4.78 is 25.9. The van der Waals surface area contributed by atoms with Crippen LogP contribution in [0.25, 0.3) is 21.0 Å². The van der Waals surface area contributed by atoms with Crippen molar-refractivity contribution in [1.82, 2.24) is 4.98 Å². The van der Waals surface area contributed by atoms with Crippen molar-refractivity contribution in [3.05, 3.63) is 64.7 Å². The van der Waals surface area contributed by atoms with Gasteiger partial charge in [-0.25, -0.2) is 13.4 Å². The monoisotopic (exact) mass is 456 g/mol. The lowest BCUT2D eigenvalue weighted by Gasteiger charge is -2.05. The number of hydrogen-bond acceptors (Lipinski definition) is 5. The molecule has 0 bridgehead atoms. The van der Waals surface area contributed by atoms with Gasteiger partial charge in [-0.3, -0.25) is 4.79 Å². The van der Waals surface area contributed by atoms with Crippen LogP contribution >= 0.6 is 22.9 Å². The first-order valence-corrected chi connectivity index (χ1v) is 12.4. The summed E-state index contributed by atoms with van der Waals surface area (Å²) in [7, 11) is -3.56. The third kappa shape index (κ3) is 3.47. The minimum atomic E-state index is -3.56. The molecule has 1 aromatic heterocycles. The van der Waals surface area contributed by atoms with Crippen molar-refractivity contribution >= 4 is 64.8 Å². The number of rotatable bonds is 5. The first kappa shape index (κ1) is 19.5. The van der Waals surface area contributed by atoms with Gasteiger partial charge in [0.2, 0.25) is 5.91 Å². The predicted octanol–water partition coefficient (Wildman–Crippen LogP) is 5.00. The van der Waals surface area contributed by atoms with E-state index in [2.05, 4.69) is 28.5 Å².